The topological polar surface area (TPSA) is 83.0 Å². The molecule has 0 aliphatic carbocycles. The second-order valence-electron chi connectivity index (χ2n) is 16.6. The Hall–Kier alpha value is -2.12. The van der Waals surface area contributed by atoms with E-state index in [0.717, 1.165) is 24.3 Å². The first-order valence-electron chi connectivity index (χ1n) is 15.9. The predicted molar refractivity (Wildman–Crippen MR) is 180 cm³/mol. The lowest BCUT2D eigenvalue weighted by Crippen LogP contribution is -2.46. The first-order valence-corrected chi connectivity index (χ1v) is 15.9. The van der Waals surface area contributed by atoms with Crippen LogP contribution in [-0.4, -0.2) is 59.8 Å². The Kier molecular flexibility index (Phi) is 12.7. The highest BCUT2D eigenvalue weighted by Crippen LogP contribution is 2.33. The maximum absolute atomic E-state index is 10.5. The highest BCUT2D eigenvalue weighted by atomic mass is 16.5. The van der Waals surface area contributed by atoms with Crippen molar-refractivity contribution in [3.05, 3.63) is 59.7 Å². The molecule has 0 aliphatic heterocycles. The molecule has 2 rings (SSSR count). The minimum Gasteiger partial charge on any atom is -0.491 e. The van der Waals surface area contributed by atoms with E-state index in [2.05, 4.69) is 118 Å². The molecule has 244 valence electrons. The molecular formula is C37H62N2O4. The maximum atomic E-state index is 10.5. The lowest BCUT2D eigenvalue weighted by molar-refractivity contribution is 0.0944. The molecule has 0 unspecified atom stereocenters. The molecule has 0 aliphatic rings. The summed E-state index contributed by atoms with van der Waals surface area (Å²) in [6.45, 7) is 27.9. The lowest BCUT2D eigenvalue weighted by Gasteiger charge is -2.34. The second-order valence-corrected chi connectivity index (χ2v) is 16.6. The van der Waals surface area contributed by atoms with Crippen molar-refractivity contribution >= 4 is 0 Å². The Bertz CT molecular complexity index is 1010. The third-order valence-corrected chi connectivity index (χ3v) is 7.61. The van der Waals surface area contributed by atoms with E-state index in [1.54, 1.807) is 0 Å². The fraction of sp³-hybridized carbons (Fsp3) is 0.676. The van der Waals surface area contributed by atoms with Crippen LogP contribution in [0.15, 0.2) is 48.5 Å². The minimum atomic E-state index is -0.589. The quantitative estimate of drug-likeness (QED) is 0.165. The van der Waals surface area contributed by atoms with Crippen LogP contribution in [0, 0.1) is 10.8 Å². The van der Waals surface area contributed by atoms with Gasteiger partial charge < -0.3 is 30.3 Å². The average molecular weight is 599 g/mol. The van der Waals surface area contributed by atoms with Gasteiger partial charge in [0.05, 0.1) is 0 Å². The van der Waals surface area contributed by atoms with E-state index in [4.69, 9.17) is 9.47 Å². The molecular weight excluding hydrogens is 536 g/mol. The van der Waals surface area contributed by atoms with Crippen molar-refractivity contribution in [1.29, 1.82) is 0 Å². The Labute approximate surface area is 263 Å². The summed E-state index contributed by atoms with van der Waals surface area (Å²) in [5, 5.41) is 27.9. The van der Waals surface area contributed by atoms with Crippen LogP contribution in [0.1, 0.15) is 107 Å². The molecule has 6 heteroatoms. The van der Waals surface area contributed by atoms with Gasteiger partial charge in [-0.05, 0) is 86.8 Å². The lowest BCUT2D eigenvalue weighted by atomic mass is 9.78. The first kappa shape index (κ1) is 37.1. The molecule has 0 fully saturated rings. The Morgan fingerprint density at radius 2 is 0.837 bits per heavy atom. The highest BCUT2D eigenvalue weighted by molar-refractivity contribution is 5.41. The fourth-order valence-corrected chi connectivity index (χ4v) is 6.17. The van der Waals surface area contributed by atoms with Gasteiger partial charge in [0, 0.05) is 29.6 Å². The molecule has 2 aromatic carbocycles. The molecule has 2 aromatic rings. The van der Waals surface area contributed by atoms with Crippen LogP contribution in [0.5, 0.6) is 11.5 Å². The number of aliphatic hydroxyl groups excluding tert-OH is 2. The highest BCUT2D eigenvalue weighted by Gasteiger charge is 2.27. The summed E-state index contributed by atoms with van der Waals surface area (Å²) in [4.78, 5) is 0. The number of hydrogen-bond donors (Lipinski definition) is 4. The predicted octanol–water partition coefficient (Wildman–Crippen LogP) is 7.10. The van der Waals surface area contributed by atoms with E-state index in [-0.39, 0.29) is 40.5 Å². The van der Waals surface area contributed by atoms with Crippen molar-refractivity contribution in [2.45, 2.75) is 125 Å². The Morgan fingerprint density at radius 1 is 0.535 bits per heavy atom. The van der Waals surface area contributed by atoms with E-state index in [1.807, 2.05) is 24.3 Å². The van der Waals surface area contributed by atoms with Gasteiger partial charge in [-0.15, -0.1) is 0 Å². The molecule has 2 atom stereocenters. The standard InChI is InChI=1S/C37H62N2O4/c1-33(2,3)25-35(7,8)38-21-29(40)23-42-31-17-13-27(14-18-31)37(11,12)28-15-19-32(20-16-28)43-24-30(41)22-39-36(9,10)26-34(4,5)6/h13-20,29-30,38-41H,21-26H2,1-12H3/t29-,30+. The van der Waals surface area contributed by atoms with Gasteiger partial charge in [-0.25, -0.2) is 0 Å². The van der Waals surface area contributed by atoms with Crippen molar-refractivity contribution in [3.8, 4) is 11.5 Å². The van der Waals surface area contributed by atoms with Gasteiger partial charge in [0.15, 0.2) is 0 Å². The van der Waals surface area contributed by atoms with Crippen LogP contribution >= 0.6 is 0 Å². The average Bonchev–Trinajstić information content (AvgIpc) is 2.86. The monoisotopic (exact) mass is 598 g/mol. The third kappa shape index (κ3) is 14.0. The van der Waals surface area contributed by atoms with Gasteiger partial charge >= 0.3 is 0 Å². The molecule has 0 radical (unpaired) electrons. The first-order chi connectivity index (χ1) is 19.6. The molecule has 0 amide bonds. The number of rotatable bonds is 16. The molecule has 6 nitrogen and oxygen atoms in total. The molecule has 43 heavy (non-hydrogen) atoms. The van der Waals surface area contributed by atoms with Gasteiger partial charge in [0.1, 0.15) is 36.9 Å². The number of aliphatic hydroxyl groups is 2. The minimum absolute atomic E-state index is 0.0568. The second kappa shape index (κ2) is 14.8. The number of ether oxygens (including phenoxy) is 2. The summed E-state index contributed by atoms with van der Waals surface area (Å²) in [6, 6.07) is 16.2. The summed E-state index contributed by atoms with van der Waals surface area (Å²) in [5.74, 6) is 1.48. The van der Waals surface area contributed by atoms with Crippen LogP contribution in [0.3, 0.4) is 0 Å². The zero-order valence-corrected chi connectivity index (χ0v) is 29.2. The summed E-state index contributed by atoms with van der Waals surface area (Å²) in [5.41, 5.74) is 2.43. The van der Waals surface area contributed by atoms with E-state index in [0.29, 0.717) is 13.1 Å². The largest absolute Gasteiger partial charge is 0.491 e. The van der Waals surface area contributed by atoms with Crippen LogP contribution in [0.25, 0.3) is 0 Å². The summed E-state index contributed by atoms with van der Waals surface area (Å²) in [7, 11) is 0. The van der Waals surface area contributed by atoms with E-state index in [1.165, 1.54) is 11.1 Å². The van der Waals surface area contributed by atoms with Gasteiger partial charge in [0.2, 0.25) is 0 Å². The zero-order chi connectivity index (χ0) is 32.7. The maximum Gasteiger partial charge on any atom is 0.119 e. The molecule has 0 saturated heterocycles. The van der Waals surface area contributed by atoms with E-state index >= 15 is 0 Å². The zero-order valence-electron chi connectivity index (χ0n) is 29.2. The Balaban J connectivity index is 1.86. The summed E-state index contributed by atoms with van der Waals surface area (Å²) in [6.07, 6.45) is 0.846. The smallest absolute Gasteiger partial charge is 0.119 e. The van der Waals surface area contributed by atoms with Crippen LogP contribution in [0.2, 0.25) is 0 Å². The van der Waals surface area contributed by atoms with Crippen molar-refractivity contribution in [2.75, 3.05) is 26.3 Å². The van der Waals surface area contributed by atoms with Gasteiger partial charge in [-0.1, -0.05) is 79.7 Å². The summed E-state index contributed by atoms with van der Waals surface area (Å²) < 4.78 is 11.8. The third-order valence-electron chi connectivity index (χ3n) is 7.61. The SMILES string of the molecule is CC(C)(C)CC(C)(C)NC[C@@H](O)COc1ccc(C(C)(C)c2ccc(OC[C@@H](O)CNC(C)(C)CC(C)(C)C)cc2)cc1. The number of nitrogens with one attached hydrogen (secondary N) is 2. The molecule has 0 heterocycles. The van der Waals surface area contributed by atoms with Crippen molar-refractivity contribution in [1.82, 2.24) is 10.6 Å². The van der Waals surface area contributed by atoms with Crippen molar-refractivity contribution in [2.24, 2.45) is 10.8 Å². The van der Waals surface area contributed by atoms with Crippen LogP contribution in [0.4, 0.5) is 0 Å². The molecule has 4 N–H and O–H groups in total. The van der Waals surface area contributed by atoms with Gasteiger partial charge in [-0.2, -0.15) is 0 Å². The van der Waals surface area contributed by atoms with Crippen molar-refractivity contribution < 1.29 is 19.7 Å². The number of benzene rings is 2. The van der Waals surface area contributed by atoms with Gasteiger partial charge in [-0.3, -0.25) is 0 Å². The van der Waals surface area contributed by atoms with Crippen molar-refractivity contribution in [3.63, 3.8) is 0 Å². The number of hydrogen-bond acceptors (Lipinski definition) is 6. The normalized spacial score (nSPS) is 14.8. The fourth-order valence-electron chi connectivity index (χ4n) is 6.17. The molecule has 0 saturated carbocycles. The molecule has 0 aromatic heterocycles. The molecule has 0 spiro atoms. The van der Waals surface area contributed by atoms with E-state index < -0.39 is 12.2 Å². The van der Waals surface area contributed by atoms with Crippen LogP contribution < -0.4 is 20.1 Å². The number of β-amino-alcohol motifs (C(OH)–C–C–N with tert-alkyl or cyclic N) is 2. The molecule has 0 bridgehead atoms. The Morgan fingerprint density at radius 3 is 1.12 bits per heavy atom. The summed E-state index contributed by atoms with van der Waals surface area (Å²) >= 11 is 0. The van der Waals surface area contributed by atoms with Gasteiger partial charge in [0.25, 0.3) is 0 Å². The van der Waals surface area contributed by atoms with E-state index in [9.17, 15) is 10.2 Å². The van der Waals surface area contributed by atoms with Crippen LogP contribution in [-0.2, 0) is 5.41 Å².